The Labute approximate surface area is 107 Å². The maximum absolute atomic E-state index is 11.4. The summed E-state index contributed by atoms with van der Waals surface area (Å²) in [4.78, 5) is 11.7. The van der Waals surface area contributed by atoms with Gasteiger partial charge in [0.05, 0.1) is 4.90 Å². The minimum Gasteiger partial charge on any atom is -0.335 e. The Morgan fingerprint density at radius 3 is 2.39 bits per heavy atom. The number of rotatable bonds is 4. The lowest BCUT2D eigenvalue weighted by molar-refractivity contribution is 0.240. The number of hydrogen-bond donors (Lipinski definition) is 2. The summed E-state index contributed by atoms with van der Waals surface area (Å²) in [5.74, 6) is 0. The van der Waals surface area contributed by atoms with Crippen molar-refractivity contribution >= 4 is 15.9 Å². The summed E-state index contributed by atoms with van der Waals surface area (Å²) in [5, 5.41) is 5.54. The Kier molecular flexibility index (Phi) is 3.56. The number of carbonyl (C=O) groups excluding carboxylic acids is 1. The summed E-state index contributed by atoms with van der Waals surface area (Å²) >= 11 is 0. The van der Waals surface area contributed by atoms with Gasteiger partial charge in [-0.05, 0) is 30.5 Å². The van der Waals surface area contributed by atoms with E-state index in [4.69, 9.17) is 0 Å². The van der Waals surface area contributed by atoms with E-state index < -0.39 is 9.84 Å². The zero-order valence-electron chi connectivity index (χ0n) is 10.1. The van der Waals surface area contributed by atoms with Gasteiger partial charge in [-0.15, -0.1) is 0 Å². The van der Waals surface area contributed by atoms with Gasteiger partial charge in [0.1, 0.15) is 0 Å². The third-order valence-electron chi connectivity index (χ3n) is 2.72. The van der Waals surface area contributed by atoms with Gasteiger partial charge in [0.15, 0.2) is 9.84 Å². The molecule has 5 nitrogen and oxygen atoms in total. The lowest BCUT2D eigenvalue weighted by Gasteiger charge is -2.07. The van der Waals surface area contributed by atoms with E-state index in [0.717, 1.165) is 18.4 Å². The quantitative estimate of drug-likeness (QED) is 0.857. The monoisotopic (exact) mass is 268 g/mol. The molecule has 18 heavy (non-hydrogen) atoms. The molecule has 0 heterocycles. The first-order valence-electron chi connectivity index (χ1n) is 5.78. The van der Waals surface area contributed by atoms with Crippen LogP contribution in [0.3, 0.4) is 0 Å². The van der Waals surface area contributed by atoms with Crippen LogP contribution in [0.1, 0.15) is 18.4 Å². The molecule has 1 aliphatic carbocycles. The summed E-state index contributed by atoms with van der Waals surface area (Å²) in [6, 6.07) is 6.65. The molecule has 2 amide bonds. The van der Waals surface area contributed by atoms with E-state index in [-0.39, 0.29) is 10.9 Å². The van der Waals surface area contributed by atoms with Gasteiger partial charge >= 0.3 is 6.03 Å². The van der Waals surface area contributed by atoms with Crippen LogP contribution in [0.4, 0.5) is 4.79 Å². The summed E-state index contributed by atoms with van der Waals surface area (Å²) in [6.07, 6.45) is 3.27. The number of nitrogens with one attached hydrogen (secondary N) is 2. The van der Waals surface area contributed by atoms with E-state index in [1.807, 2.05) is 0 Å². The van der Waals surface area contributed by atoms with Gasteiger partial charge in [-0.3, -0.25) is 0 Å². The van der Waals surface area contributed by atoms with Gasteiger partial charge < -0.3 is 10.6 Å². The minimum atomic E-state index is -3.16. The molecule has 98 valence electrons. The van der Waals surface area contributed by atoms with Crippen molar-refractivity contribution in [3.8, 4) is 0 Å². The lowest BCUT2D eigenvalue weighted by Crippen LogP contribution is -2.36. The van der Waals surface area contributed by atoms with Gasteiger partial charge in [-0.1, -0.05) is 12.1 Å². The zero-order valence-corrected chi connectivity index (χ0v) is 11.0. The highest BCUT2D eigenvalue weighted by Gasteiger charge is 2.22. The molecule has 0 aliphatic heterocycles. The highest BCUT2D eigenvalue weighted by molar-refractivity contribution is 7.90. The van der Waals surface area contributed by atoms with E-state index in [1.54, 1.807) is 24.3 Å². The number of amides is 2. The lowest BCUT2D eigenvalue weighted by atomic mass is 10.2. The molecule has 0 aromatic heterocycles. The molecule has 6 heteroatoms. The SMILES string of the molecule is CS(=O)(=O)c1ccc(CNC(=O)NC2CC2)cc1. The summed E-state index contributed by atoms with van der Waals surface area (Å²) in [6.45, 7) is 0.391. The van der Waals surface area contributed by atoms with Crippen LogP contribution < -0.4 is 10.6 Å². The molecule has 0 spiro atoms. The van der Waals surface area contributed by atoms with Crippen molar-refractivity contribution in [1.82, 2.24) is 10.6 Å². The highest BCUT2D eigenvalue weighted by Crippen LogP contribution is 2.18. The van der Waals surface area contributed by atoms with Crippen LogP contribution in [0.2, 0.25) is 0 Å². The predicted octanol–water partition coefficient (Wildman–Crippen LogP) is 1.05. The Hall–Kier alpha value is -1.56. The number of urea groups is 1. The minimum absolute atomic E-state index is 0.176. The average molecular weight is 268 g/mol. The fourth-order valence-electron chi connectivity index (χ4n) is 1.50. The molecular formula is C12H16N2O3S. The molecule has 2 rings (SSSR count). The Bertz CT molecular complexity index is 533. The van der Waals surface area contributed by atoms with Crippen LogP contribution in [0.15, 0.2) is 29.2 Å². The smallest absolute Gasteiger partial charge is 0.315 e. The molecule has 0 bridgehead atoms. The van der Waals surface area contributed by atoms with E-state index in [1.165, 1.54) is 6.26 Å². The maximum atomic E-state index is 11.4. The van der Waals surface area contributed by atoms with Crippen molar-refractivity contribution in [3.05, 3.63) is 29.8 Å². The molecule has 1 aliphatic rings. The third kappa shape index (κ3) is 3.73. The second kappa shape index (κ2) is 4.97. The molecule has 0 radical (unpaired) electrons. The van der Waals surface area contributed by atoms with Gasteiger partial charge in [-0.2, -0.15) is 0 Å². The normalized spacial score (nSPS) is 15.2. The number of carbonyl (C=O) groups is 1. The van der Waals surface area contributed by atoms with Crippen LogP contribution in [0.5, 0.6) is 0 Å². The van der Waals surface area contributed by atoms with Gasteiger partial charge in [0.2, 0.25) is 0 Å². The van der Waals surface area contributed by atoms with Gasteiger partial charge in [0, 0.05) is 18.8 Å². The second-order valence-corrected chi connectivity index (χ2v) is 6.53. The largest absolute Gasteiger partial charge is 0.335 e. The summed E-state index contributed by atoms with van der Waals surface area (Å²) < 4.78 is 22.5. The number of benzene rings is 1. The van der Waals surface area contributed by atoms with Crippen LogP contribution >= 0.6 is 0 Å². The van der Waals surface area contributed by atoms with E-state index >= 15 is 0 Å². The van der Waals surface area contributed by atoms with E-state index in [0.29, 0.717) is 12.6 Å². The molecule has 0 atom stereocenters. The Morgan fingerprint density at radius 2 is 1.89 bits per heavy atom. The Morgan fingerprint density at radius 1 is 1.28 bits per heavy atom. The fourth-order valence-corrected chi connectivity index (χ4v) is 2.13. The standard InChI is InChI=1S/C12H16N2O3S/c1-18(16,17)11-6-2-9(3-7-11)8-13-12(15)14-10-4-5-10/h2-3,6-7,10H,4-5,8H2,1H3,(H2,13,14,15). The molecule has 1 aromatic rings. The molecular weight excluding hydrogens is 252 g/mol. The molecule has 0 saturated heterocycles. The Balaban J connectivity index is 1.87. The van der Waals surface area contributed by atoms with Crippen molar-refractivity contribution < 1.29 is 13.2 Å². The van der Waals surface area contributed by atoms with Crippen LogP contribution in [-0.4, -0.2) is 26.7 Å². The molecule has 1 fully saturated rings. The first-order valence-corrected chi connectivity index (χ1v) is 7.67. The van der Waals surface area contributed by atoms with Crippen molar-refractivity contribution in [1.29, 1.82) is 0 Å². The topological polar surface area (TPSA) is 75.3 Å². The third-order valence-corrected chi connectivity index (χ3v) is 3.85. The van der Waals surface area contributed by atoms with E-state index in [9.17, 15) is 13.2 Å². The van der Waals surface area contributed by atoms with Crippen molar-refractivity contribution in [2.75, 3.05) is 6.26 Å². The summed E-state index contributed by atoms with van der Waals surface area (Å²) in [7, 11) is -3.16. The van der Waals surface area contributed by atoms with Gasteiger partial charge in [0.25, 0.3) is 0 Å². The number of sulfone groups is 1. The molecule has 2 N–H and O–H groups in total. The van der Waals surface area contributed by atoms with Crippen molar-refractivity contribution in [2.45, 2.75) is 30.3 Å². The first-order chi connectivity index (χ1) is 8.45. The fraction of sp³-hybridized carbons (Fsp3) is 0.417. The van der Waals surface area contributed by atoms with Crippen LogP contribution in [0, 0.1) is 0 Å². The highest BCUT2D eigenvalue weighted by atomic mass is 32.2. The van der Waals surface area contributed by atoms with Crippen LogP contribution in [0.25, 0.3) is 0 Å². The van der Waals surface area contributed by atoms with Gasteiger partial charge in [-0.25, -0.2) is 13.2 Å². The molecule has 0 unspecified atom stereocenters. The predicted molar refractivity (Wildman–Crippen MR) is 67.9 cm³/mol. The zero-order chi connectivity index (χ0) is 13.2. The van der Waals surface area contributed by atoms with Crippen molar-refractivity contribution in [3.63, 3.8) is 0 Å². The summed E-state index contributed by atoms with van der Waals surface area (Å²) in [5.41, 5.74) is 0.869. The first kappa shape index (κ1) is 12.9. The van der Waals surface area contributed by atoms with Crippen LogP contribution in [-0.2, 0) is 16.4 Å². The molecule has 1 saturated carbocycles. The average Bonchev–Trinajstić information content (AvgIpc) is 3.10. The number of hydrogen-bond acceptors (Lipinski definition) is 3. The second-order valence-electron chi connectivity index (χ2n) is 4.52. The maximum Gasteiger partial charge on any atom is 0.315 e. The molecule has 1 aromatic carbocycles. The van der Waals surface area contributed by atoms with E-state index in [2.05, 4.69) is 10.6 Å². The van der Waals surface area contributed by atoms with Crippen molar-refractivity contribution in [2.24, 2.45) is 0 Å².